The van der Waals surface area contributed by atoms with Crippen LogP contribution in [0.5, 0.6) is 0 Å². The molecule has 2 aromatic carbocycles. The fourth-order valence-electron chi connectivity index (χ4n) is 4.27. The van der Waals surface area contributed by atoms with Crippen LogP contribution in [-0.4, -0.2) is 41.9 Å². The molecule has 6 nitrogen and oxygen atoms in total. The summed E-state index contributed by atoms with van der Waals surface area (Å²) in [4.78, 5) is 12.3. The molecule has 2 atom stereocenters. The molecule has 0 bridgehead atoms. The lowest BCUT2D eigenvalue weighted by molar-refractivity contribution is 0.0562. The lowest BCUT2D eigenvalue weighted by atomic mass is 9.89. The first kappa shape index (κ1) is 21.0. The highest BCUT2D eigenvalue weighted by Gasteiger charge is 2.40. The Morgan fingerprint density at radius 3 is 2.37 bits per heavy atom. The smallest absolute Gasteiger partial charge is 0.251 e. The van der Waals surface area contributed by atoms with Gasteiger partial charge in [0.05, 0.1) is 6.10 Å². The van der Waals surface area contributed by atoms with Crippen molar-refractivity contribution in [2.24, 2.45) is 0 Å². The fraction of sp³-hybridized carbons (Fsp3) is 0.435. The summed E-state index contributed by atoms with van der Waals surface area (Å²) in [5.41, 5.74) is 2.23. The first-order valence-corrected chi connectivity index (χ1v) is 12.0. The number of benzene rings is 2. The molecule has 1 saturated heterocycles. The largest absolute Gasteiger partial charge is 0.393 e. The predicted molar refractivity (Wildman–Crippen MR) is 115 cm³/mol. The van der Waals surface area contributed by atoms with Crippen molar-refractivity contribution in [3.8, 4) is 0 Å². The second-order valence-corrected chi connectivity index (χ2v) is 10.5. The van der Waals surface area contributed by atoms with Gasteiger partial charge >= 0.3 is 0 Å². The van der Waals surface area contributed by atoms with Crippen molar-refractivity contribution in [2.45, 2.75) is 62.6 Å². The van der Waals surface area contributed by atoms with E-state index < -0.39 is 15.3 Å². The Morgan fingerprint density at radius 2 is 1.73 bits per heavy atom. The SMILES string of the molecule is C[C@H]1CCC(c2ccccc2)S(=O)(=O)N1Cc1ccc(C(=O)NC2CC(O)C2)cc1. The van der Waals surface area contributed by atoms with E-state index in [9.17, 15) is 18.3 Å². The van der Waals surface area contributed by atoms with Gasteiger partial charge in [-0.05, 0) is 55.9 Å². The summed E-state index contributed by atoms with van der Waals surface area (Å²) in [6.07, 6.45) is 2.31. The molecule has 1 heterocycles. The summed E-state index contributed by atoms with van der Waals surface area (Å²) >= 11 is 0. The minimum Gasteiger partial charge on any atom is -0.393 e. The molecular formula is C23H28N2O4S. The van der Waals surface area contributed by atoms with Crippen LogP contribution >= 0.6 is 0 Å². The highest BCUT2D eigenvalue weighted by Crippen LogP contribution is 2.38. The molecule has 2 aromatic rings. The van der Waals surface area contributed by atoms with Crippen molar-refractivity contribution in [3.63, 3.8) is 0 Å². The van der Waals surface area contributed by atoms with Gasteiger partial charge in [0.15, 0.2) is 0 Å². The monoisotopic (exact) mass is 428 g/mol. The Kier molecular flexibility index (Phi) is 5.95. The van der Waals surface area contributed by atoms with E-state index >= 15 is 0 Å². The summed E-state index contributed by atoms with van der Waals surface area (Å²) in [6.45, 7) is 2.25. The maximum Gasteiger partial charge on any atom is 0.251 e. The number of amides is 1. The maximum absolute atomic E-state index is 13.3. The predicted octanol–water partition coefficient (Wildman–Crippen LogP) is 3.00. The van der Waals surface area contributed by atoms with Gasteiger partial charge < -0.3 is 10.4 Å². The fourth-order valence-corrected chi connectivity index (χ4v) is 6.47. The summed E-state index contributed by atoms with van der Waals surface area (Å²) < 4.78 is 28.3. The second kappa shape index (κ2) is 8.49. The topological polar surface area (TPSA) is 86.7 Å². The first-order valence-electron chi connectivity index (χ1n) is 10.5. The van der Waals surface area contributed by atoms with Crippen molar-refractivity contribution in [1.82, 2.24) is 9.62 Å². The van der Waals surface area contributed by atoms with Crippen LogP contribution in [0.1, 0.15) is 59.3 Å². The zero-order chi connectivity index (χ0) is 21.3. The van der Waals surface area contributed by atoms with Gasteiger partial charge in [-0.3, -0.25) is 4.79 Å². The van der Waals surface area contributed by atoms with E-state index in [-0.39, 0.29) is 24.1 Å². The number of nitrogens with zero attached hydrogens (tertiary/aromatic N) is 1. The van der Waals surface area contributed by atoms with Gasteiger partial charge in [-0.25, -0.2) is 8.42 Å². The van der Waals surface area contributed by atoms with Crippen LogP contribution in [0.4, 0.5) is 0 Å². The Balaban J connectivity index is 1.46. The van der Waals surface area contributed by atoms with E-state index in [2.05, 4.69) is 5.32 Å². The summed E-state index contributed by atoms with van der Waals surface area (Å²) in [6, 6.07) is 16.5. The molecular weight excluding hydrogens is 400 g/mol. The van der Waals surface area contributed by atoms with E-state index in [4.69, 9.17) is 0 Å². The van der Waals surface area contributed by atoms with Gasteiger partial charge in [-0.2, -0.15) is 4.31 Å². The van der Waals surface area contributed by atoms with Crippen LogP contribution in [0.15, 0.2) is 54.6 Å². The van der Waals surface area contributed by atoms with Gasteiger partial charge in [0, 0.05) is 24.2 Å². The van der Waals surface area contributed by atoms with Crippen LogP contribution in [0.2, 0.25) is 0 Å². The number of carbonyl (C=O) groups is 1. The van der Waals surface area contributed by atoms with Gasteiger partial charge in [-0.1, -0.05) is 42.5 Å². The number of nitrogens with one attached hydrogen (secondary N) is 1. The van der Waals surface area contributed by atoms with Gasteiger partial charge in [-0.15, -0.1) is 0 Å². The molecule has 2 aliphatic rings. The molecule has 0 spiro atoms. The molecule has 160 valence electrons. The molecule has 1 aliphatic carbocycles. The van der Waals surface area contributed by atoms with Gasteiger partial charge in [0.25, 0.3) is 5.91 Å². The third-order valence-electron chi connectivity index (χ3n) is 6.20. The molecule has 0 aromatic heterocycles. The standard InChI is InChI=1S/C23H28N2O4S/c1-16-7-12-22(18-5-3-2-4-6-18)30(28,29)25(16)15-17-8-10-19(11-9-17)23(27)24-20-13-21(26)14-20/h2-6,8-11,16,20-22,26H,7,12-15H2,1H3,(H,24,27)/t16-,20?,21?,22?/m0/s1. The molecule has 1 unspecified atom stereocenters. The van der Waals surface area contributed by atoms with Crippen LogP contribution in [0.3, 0.4) is 0 Å². The van der Waals surface area contributed by atoms with Crippen LogP contribution < -0.4 is 5.32 Å². The van der Waals surface area contributed by atoms with Crippen LogP contribution in [0, 0.1) is 0 Å². The van der Waals surface area contributed by atoms with Crippen molar-refractivity contribution in [2.75, 3.05) is 0 Å². The lowest BCUT2D eigenvalue weighted by Gasteiger charge is -2.37. The average molecular weight is 429 g/mol. The number of aliphatic hydroxyl groups is 1. The first-order chi connectivity index (χ1) is 14.3. The third kappa shape index (κ3) is 4.29. The minimum atomic E-state index is -3.48. The van der Waals surface area contributed by atoms with E-state index in [1.165, 1.54) is 0 Å². The number of rotatable bonds is 5. The molecule has 7 heteroatoms. The highest BCUT2D eigenvalue weighted by atomic mass is 32.2. The van der Waals surface area contributed by atoms with E-state index in [1.54, 1.807) is 16.4 Å². The number of hydrogen-bond acceptors (Lipinski definition) is 4. The van der Waals surface area contributed by atoms with Crippen molar-refractivity contribution >= 4 is 15.9 Å². The average Bonchev–Trinajstić information content (AvgIpc) is 2.71. The summed E-state index contributed by atoms with van der Waals surface area (Å²) in [5.74, 6) is -0.165. The number of carbonyl (C=O) groups excluding carboxylic acids is 1. The number of aliphatic hydroxyl groups excluding tert-OH is 1. The van der Waals surface area contributed by atoms with Crippen LogP contribution in [0.25, 0.3) is 0 Å². The molecule has 1 amide bonds. The lowest BCUT2D eigenvalue weighted by Crippen LogP contribution is -2.46. The summed E-state index contributed by atoms with van der Waals surface area (Å²) in [5, 5.41) is 11.7. The zero-order valence-corrected chi connectivity index (χ0v) is 17.9. The minimum absolute atomic E-state index is 0.0291. The third-order valence-corrected chi connectivity index (χ3v) is 8.57. The van der Waals surface area contributed by atoms with Crippen LogP contribution in [-0.2, 0) is 16.6 Å². The quantitative estimate of drug-likeness (QED) is 0.767. The summed E-state index contributed by atoms with van der Waals surface area (Å²) in [7, 11) is -3.48. The molecule has 2 fully saturated rings. The van der Waals surface area contributed by atoms with Gasteiger partial charge in [0.1, 0.15) is 5.25 Å². The maximum atomic E-state index is 13.3. The molecule has 4 rings (SSSR count). The molecule has 30 heavy (non-hydrogen) atoms. The van der Waals surface area contributed by atoms with E-state index in [1.807, 2.05) is 49.4 Å². The molecule has 2 N–H and O–H groups in total. The van der Waals surface area contributed by atoms with Gasteiger partial charge in [0.2, 0.25) is 10.0 Å². The number of hydrogen-bond donors (Lipinski definition) is 2. The highest BCUT2D eigenvalue weighted by molar-refractivity contribution is 7.89. The molecule has 1 aliphatic heterocycles. The van der Waals surface area contributed by atoms with E-state index in [0.29, 0.717) is 31.4 Å². The Hall–Kier alpha value is -2.22. The Labute approximate surface area is 178 Å². The second-order valence-electron chi connectivity index (χ2n) is 8.41. The van der Waals surface area contributed by atoms with Crippen molar-refractivity contribution < 1.29 is 18.3 Å². The van der Waals surface area contributed by atoms with Crippen molar-refractivity contribution in [1.29, 1.82) is 0 Å². The normalized spacial score (nSPS) is 28.5. The Bertz CT molecular complexity index is 986. The molecule has 1 saturated carbocycles. The van der Waals surface area contributed by atoms with E-state index in [0.717, 1.165) is 17.5 Å². The molecule has 0 radical (unpaired) electrons. The van der Waals surface area contributed by atoms with Crippen molar-refractivity contribution in [3.05, 3.63) is 71.3 Å². The number of sulfonamides is 1. The Morgan fingerprint density at radius 1 is 1.07 bits per heavy atom. The zero-order valence-electron chi connectivity index (χ0n) is 17.1.